The van der Waals surface area contributed by atoms with E-state index >= 15 is 0 Å². The lowest BCUT2D eigenvalue weighted by molar-refractivity contribution is 0.0925. The summed E-state index contributed by atoms with van der Waals surface area (Å²) >= 11 is 0. The molecule has 1 amide bonds. The molecule has 2 aromatic carbocycles. The maximum absolute atomic E-state index is 12.6. The van der Waals surface area contributed by atoms with Crippen molar-refractivity contribution in [1.82, 2.24) is 15.6 Å². The number of carbonyl (C=O) groups is 1. The van der Waals surface area contributed by atoms with Gasteiger partial charge < -0.3 is 15.6 Å². The highest BCUT2D eigenvalue weighted by molar-refractivity contribution is 6.10. The molecular weight excluding hydrogens is 286 g/mol. The Bertz CT molecular complexity index is 913. The van der Waals surface area contributed by atoms with Gasteiger partial charge in [0.15, 0.2) is 0 Å². The molecule has 116 valence electrons. The van der Waals surface area contributed by atoms with Gasteiger partial charge in [0.25, 0.3) is 5.91 Å². The van der Waals surface area contributed by atoms with Gasteiger partial charge in [0.1, 0.15) is 0 Å². The molecule has 1 aliphatic carbocycles. The summed E-state index contributed by atoms with van der Waals surface area (Å²) in [5.74, 6) is 0.649. The Kier molecular flexibility index (Phi) is 2.76. The molecule has 23 heavy (non-hydrogen) atoms. The zero-order valence-electron chi connectivity index (χ0n) is 12.8. The molecule has 1 aliphatic heterocycles. The largest absolute Gasteiger partial charge is 0.355 e. The van der Waals surface area contributed by atoms with Crippen molar-refractivity contribution in [3.05, 3.63) is 48.0 Å². The summed E-state index contributed by atoms with van der Waals surface area (Å²) in [7, 11) is 0. The van der Waals surface area contributed by atoms with Crippen LogP contribution >= 0.6 is 0 Å². The van der Waals surface area contributed by atoms with Crippen molar-refractivity contribution >= 4 is 27.7 Å². The van der Waals surface area contributed by atoms with Gasteiger partial charge in [0.2, 0.25) is 0 Å². The number of amides is 1. The first-order valence-electron chi connectivity index (χ1n) is 8.32. The van der Waals surface area contributed by atoms with Crippen molar-refractivity contribution < 1.29 is 4.79 Å². The lowest BCUT2D eigenvalue weighted by Gasteiger charge is -2.23. The number of aromatic nitrogens is 1. The molecule has 3 unspecified atom stereocenters. The van der Waals surface area contributed by atoms with E-state index in [4.69, 9.17) is 0 Å². The Balaban J connectivity index is 1.47. The molecular formula is C19H19N3O. The Morgan fingerprint density at radius 2 is 1.91 bits per heavy atom. The summed E-state index contributed by atoms with van der Waals surface area (Å²) in [6.07, 6.45) is 2.26. The van der Waals surface area contributed by atoms with Crippen LogP contribution in [0.15, 0.2) is 42.5 Å². The van der Waals surface area contributed by atoms with Gasteiger partial charge in [0, 0.05) is 46.0 Å². The molecule has 3 atom stereocenters. The Morgan fingerprint density at radius 1 is 1.04 bits per heavy atom. The highest BCUT2D eigenvalue weighted by Gasteiger charge is 2.40. The number of benzene rings is 2. The molecule has 1 saturated carbocycles. The smallest absolute Gasteiger partial charge is 0.251 e. The average molecular weight is 305 g/mol. The van der Waals surface area contributed by atoms with Crippen molar-refractivity contribution in [3.8, 4) is 0 Å². The van der Waals surface area contributed by atoms with Gasteiger partial charge in [-0.1, -0.05) is 18.2 Å². The van der Waals surface area contributed by atoms with Crippen molar-refractivity contribution in [2.24, 2.45) is 5.92 Å². The van der Waals surface area contributed by atoms with E-state index < -0.39 is 0 Å². The number of rotatable bonds is 2. The second kappa shape index (κ2) is 4.83. The number of hydrogen-bond acceptors (Lipinski definition) is 2. The van der Waals surface area contributed by atoms with Crippen molar-refractivity contribution in [2.75, 3.05) is 6.54 Å². The third-order valence-electron chi connectivity index (χ3n) is 5.45. The zero-order valence-corrected chi connectivity index (χ0v) is 12.8. The fourth-order valence-electron chi connectivity index (χ4n) is 4.25. The van der Waals surface area contributed by atoms with Gasteiger partial charge in [-0.2, -0.15) is 0 Å². The lowest BCUT2D eigenvalue weighted by atomic mass is 10.0. The molecule has 2 heterocycles. The van der Waals surface area contributed by atoms with E-state index in [1.54, 1.807) is 0 Å². The van der Waals surface area contributed by atoms with Crippen LogP contribution in [0, 0.1) is 5.92 Å². The second-order valence-electron chi connectivity index (χ2n) is 6.85. The van der Waals surface area contributed by atoms with Crippen LogP contribution < -0.4 is 10.6 Å². The first-order valence-corrected chi connectivity index (χ1v) is 8.32. The first kappa shape index (κ1) is 13.1. The van der Waals surface area contributed by atoms with Crippen molar-refractivity contribution in [1.29, 1.82) is 0 Å². The predicted octanol–water partition coefficient (Wildman–Crippen LogP) is 2.80. The molecule has 3 N–H and O–H groups in total. The highest BCUT2D eigenvalue weighted by atomic mass is 16.1. The molecule has 0 spiro atoms. The normalized spacial score (nSPS) is 26.2. The number of nitrogens with one attached hydrogen (secondary N) is 3. The lowest BCUT2D eigenvalue weighted by Crippen LogP contribution is -2.44. The van der Waals surface area contributed by atoms with E-state index in [1.807, 2.05) is 30.3 Å². The van der Waals surface area contributed by atoms with Gasteiger partial charge in [-0.25, -0.2) is 0 Å². The molecule has 3 aromatic rings. The molecule has 2 aliphatic rings. The summed E-state index contributed by atoms with van der Waals surface area (Å²) in [5, 5.41) is 9.01. The number of carbonyl (C=O) groups excluding carboxylic acids is 1. The molecule has 1 aromatic heterocycles. The number of fused-ring (bicyclic) bond motifs is 5. The van der Waals surface area contributed by atoms with E-state index in [-0.39, 0.29) is 5.91 Å². The summed E-state index contributed by atoms with van der Waals surface area (Å²) in [6, 6.07) is 15.1. The topological polar surface area (TPSA) is 56.9 Å². The third-order valence-corrected chi connectivity index (χ3v) is 5.45. The minimum absolute atomic E-state index is 0.0507. The Morgan fingerprint density at radius 3 is 2.74 bits per heavy atom. The summed E-state index contributed by atoms with van der Waals surface area (Å²) in [5.41, 5.74) is 2.93. The number of aromatic amines is 1. The van der Waals surface area contributed by atoms with Gasteiger partial charge in [0.05, 0.1) is 0 Å². The monoisotopic (exact) mass is 305 g/mol. The van der Waals surface area contributed by atoms with E-state index in [9.17, 15) is 4.79 Å². The van der Waals surface area contributed by atoms with Gasteiger partial charge in [-0.3, -0.25) is 4.79 Å². The number of H-pyrrole nitrogens is 1. The minimum atomic E-state index is 0.0507. The average Bonchev–Trinajstić information content (AvgIpc) is 3.27. The standard InChI is InChI=1S/C19H19N3O/c23-19(22-18-9-13-7-12(18)10-20-13)11-5-6-17-15(8-11)14-3-1-2-4-16(14)21-17/h1-6,8,12-13,18,20-21H,7,9-10H2,(H,22,23). The van der Waals surface area contributed by atoms with Crippen molar-refractivity contribution in [2.45, 2.75) is 24.9 Å². The Labute approximate surface area is 134 Å². The third kappa shape index (κ3) is 2.05. The first-order chi connectivity index (χ1) is 11.3. The zero-order chi connectivity index (χ0) is 15.4. The van der Waals surface area contributed by atoms with E-state index in [0.717, 1.165) is 34.9 Å². The number of hydrogen-bond donors (Lipinski definition) is 3. The van der Waals surface area contributed by atoms with E-state index in [1.165, 1.54) is 11.8 Å². The number of para-hydroxylation sites is 1. The SMILES string of the molecule is O=C(NC1CC2CC1CN2)c1ccc2[nH]c3ccccc3c2c1. The van der Waals surface area contributed by atoms with Gasteiger partial charge in [-0.15, -0.1) is 0 Å². The van der Waals surface area contributed by atoms with Crippen LogP contribution in [-0.2, 0) is 0 Å². The maximum Gasteiger partial charge on any atom is 0.251 e. The molecule has 1 saturated heterocycles. The summed E-state index contributed by atoms with van der Waals surface area (Å²) < 4.78 is 0. The van der Waals surface area contributed by atoms with Gasteiger partial charge >= 0.3 is 0 Å². The van der Waals surface area contributed by atoms with Crippen LogP contribution in [0.2, 0.25) is 0 Å². The van der Waals surface area contributed by atoms with Crippen LogP contribution in [0.5, 0.6) is 0 Å². The molecule has 5 rings (SSSR count). The second-order valence-corrected chi connectivity index (χ2v) is 6.85. The fourth-order valence-corrected chi connectivity index (χ4v) is 4.25. The van der Waals surface area contributed by atoms with Crippen LogP contribution in [0.25, 0.3) is 21.8 Å². The molecule has 2 fully saturated rings. The van der Waals surface area contributed by atoms with E-state index in [0.29, 0.717) is 18.0 Å². The molecule has 0 radical (unpaired) electrons. The minimum Gasteiger partial charge on any atom is -0.355 e. The van der Waals surface area contributed by atoms with Crippen LogP contribution in [-0.4, -0.2) is 29.5 Å². The molecule has 4 nitrogen and oxygen atoms in total. The predicted molar refractivity (Wildman–Crippen MR) is 91.6 cm³/mol. The fraction of sp³-hybridized carbons (Fsp3) is 0.316. The number of piperidine rings is 1. The van der Waals surface area contributed by atoms with Crippen LogP contribution in [0.1, 0.15) is 23.2 Å². The van der Waals surface area contributed by atoms with Gasteiger partial charge in [-0.05, 0) is 43.0 Å². The van der Waals surface area contributed by atoms with Crippen molar-refractivity contribution in [3.63, 3.8) is 0 Å². The molecule has 4 heteroatoms. The summed E-state index contributed by atoms with van der Waals surface area (Å²) in [6.45, 7) is 1.04. The van der Waals surface area contributed by atoms with E-state index in [2.05, 4.69) is 27.8 Å². The highest BCUT2D eigenvalue weighted by Crippen LogP contribution is 2.31. The van der Waals surface area contributed by atoms with Crippen LogP contribution in [0.4, 0.5) is 0 Å². The summed E-state index contributed by atoms with van der Waals surface area (Å²) in [4.78, 5) is 16.0. The maximum atomic E-state index is 12.6. The quantitative estimate of drug-likeness (QED) is 0.682. The molecule has 2 bridgehead atoms. The Hall–Kier alpha value is -2.33. The van der Waals surface area contributed by atoms with Crippen LogP contribution in [0.3, 0.4) is 0 Å².